The van der Waals surface area contributed by atoms with Crippen LogP contribution in [0.1, 0.15) is 30.0 Å². The van der Waals surface area contributed by atoms with Gasteiger partial charge in [0.2, 0.25) is 0 Å². The molecule has 0 fully saturated rings. The summed E-state index contributed by atoms with van der Waals surface area (Å²) in [4.78, 5) is 2.34. The third-order valence-corrected chi connectivity index (χ3v) is 4.12. The molecular weight excluding hydrogens is 264 g/mol. The summed E-state index contributed by atoms with van der Waals surface area (Å²) in [6, 6.07) is 8.93. The van der Waals surface area contributed by atoms with E-state index < -0.39 is 0 Å². The Hall–Kier alpha value is -1.32. The first kappa shape index (κ1) is 15.1. The number of nitrogens with one attached hydrogen (secondary N) is 1. The molecule has 1 aromatic heterocycles. The van der Waals surface area contributed by atoms with Gasteiger partial charge in [-0.15, -0.1) is 0 Å². The van der Waals surface area contributed by atoms with Crippen LogP contribution in [0.2, 0.25) is 0 Å². The Morgan fingerprint density at radius 2 is 2.10 bits per heavy atom. The summed E-state index contributed by atoms with van der Waals surface area (Å²) in [6.07, 6.45) is 1.17. The van der Waals surface area contributed by atoms with Gasteiger partial charge in [0.05, 0.1) is 0 Å². The van der Waals surface area contributed by atoms with Crippen molar-refractivity contribution in [2.75, 3.05) is 18.5 Å². The largest absolute Gasteiger partial charge is 0.370 e. The SMILES string of the molecule is CCCNCc1cc(C)ccc1N(C)Cc1ccsc1. The molecule has 0 atom stereocenters. The maximum Gasteiger partial charge on any atom is 0.0434 e. The molecule has 1 aromatic carbocycles. The molecule has 3 heteroatoms. The minimum atomic E-state index is 0.943. The van der Waals surface area contributed by atoms with Crippen LogP contribution in [0.3, 0.4) is 0 Å². The van der Waals surface area contributed by atoms with Crippen molar-refractivity contribution in [2.24, 2.45) is 0 Å². The fourth-order valence-corrected chi connectivity index (χ4v) is 3.03. The number of aryl methyl sites for hydroxylation is 1. The number of rotatable bonds is 7. The fourth-order valence-electron chi connectivity index (χ4n) is 2.37. The highest BCUT2D eigenvalue weighted by Gasteiger charge is 2.08. The van der Waals surface area contributed by atoms with Gasteiger partial charge in [0, 0.05) is 25.8 Å². The van der Waals surface area contributed by atoms with Crippen molar-refractivity contribution in [3.63, 3.8) is 0 Å². The summed E-state index contributed by atoms with van der Waals surface area (Å²) >= 11 is 1.76. The number of anilines is 1. The molecule has 108 valence electrons. The first-order chi connectivity index (χ1) is 9.70. The van der Waals surface area contributed by atoms with Gasteiger partial charge >= 0.3 is 0 Å². The van der Waals surface area contributed by atoms with Crippen molar-refractivity contribution in [2.45, 2.75) is 33.4 Å². The van der Waals surface area contributed by atoms with Crippen molar-refractivity contribution in [1.29, 1.82) is 0 Å². The van der Waals surface area contributed by atoms with Crippen LogP contribution in [0, 0.1) is 6.92 Å². The molecule has 0 aliphatic rings. The van der Waals surface area contributed by atoms with Crippen molar-refractivity contribution in [3.8, 4) is 0 Å². The van der Waals surface area contributed by atoms with E-state index in [1.165, 1.54) is 28.8 Å². The Morgan fingerprint density at radius 1 is 1.25 bits per heavy atom. The first-order valence-electron chi connectivity index (χ1n) is 7.23. The van der Waals surface area contributed by atoms with Crippen molar-refractivity contribution < 1.29 is 0 Å². The topological polar surface area (TPSA) is 15.3 Å². The smallest absolute Gasteiger partial charge is 0.0434 e. The average Bonchev–Trinajstić information content (AvgIpc) is 2.92. The second-order valence-corrected chi connectivity index (χ2v) is 6.08. The summed E-state index contributed by atoms with van der Waals surface area (Å²) in [6.45, 7) is 7.34. The molecule has 2 nitrogen and oxygen atoms in total. The minimum absolute atomic E-state index is 0.943. The van der Waals surface area contributed by atoms with E-state index in [4.69, 9.17) is 0 Å². The van der Waals surface area contributed by atoms with Crippen molar-refractivity contribution >= 4 is 17.0 Å². The van der Waals surface area contributed by atoms with Crippen LogP contribution >= 0.6 is 11.3 Å². The van der Waals surface area contributed by atoms with E-state index in [1.807, 2.05) is 0 Å². The third kappa shape index (κ3) is 4.09. The molecule has 1 N–H and O–H groups in total. The lowest BCUT2D eigenvalue weighted by atomic mass is 10.1. The van der Waals surface area contributed by atoms with Crippen molar-refractivity contribution in [3.05, 3.63) is 51.7 Å². The van der Waals surface area contributed by atoms with Crippen LogP contribution in [-0.4, -0.2) is 13.6 Å². The maximum atomic E-state index is 3.51. The van der Waals surface area contributed by atoms with Gasteiger partial charge in [-0.1, -0.05) is 24.6 Å². The van der Waals surface area contributed by atoms with Crippen LogP contribution in [0.4, 0.5) is 5.69 Å². The van der Waals surface area contributed by atoms with E-state index in [0.717, 1.165) is 19.6 Å². The Kier molecular flexibility index (Phi) is 5.62. The highest BCUT2D eigenvalue weighted by molar-refractivity contribution is 7.07. The van der Waals surface area contributed by atoms with Gasteiger partial charge in [-0.3, -0.25) is 0 Å². The van der Waals surface area contributed by atoms with E-state index in [-0.39, 0.29) is 0 Å². The molecule has 0 spiro atoms. The molecule has 0 amide bonds. The highest BCUT2D eigenvalue weighted by atomic mass is 32.1. The van der Waals surface area contributed by atoms with Crippen molar-refractivity contribution in [1.82, 2.24) is 5.32 Å². The number of thiophene rings is 1. The zero-order valence-electron chi connectivity index (χ0n) is 12.6. The standard InChI is InChI=1S/C17H24N2S/c1-4-8-18-11-16-10-14(2)5-6-17(16)19(3)12-15-7-9-20-13-15/h5-7,9-10,13,18H,4,8,11-12H2,1-3H3. The normalized spacial score (nSPS) is 10.8. The average molecular weight is 288 g/mol. The minimum Gasteiger partial charge on any atom is -0.370 e. The maximum absolute atomic E-state index is 3.51. The zero-order valence-corrected chi connectivity index (χ0v) is 13.5. The Balaban J connectivity index is 2.12. The molecule has 2 aromatic rings. The molecular formula is C17H24N2S. The second-order valence-electron chi connectivity index (χ2n) is 5.30. The summed E-state index contributed by atoms with van der Waals surface area (Å²) in [5.41, 5.74) is 5.41. The van der Waals surface area contributed by atoms with Gasteiger partial charge in [-0.05, 0) is 53.9 Å². The lowest BCUT2D eigenvalue weighted by Gasteiger charge is -2.23. The molecule has 0 radical (unpaired) electrons. The zero-order chi connectivity index (χ0) is 14.4. The van der Waals surface area contributed by atoms with E-state index in [2.05, 4.69) is 66.1 Å². The highest BCUT2D eigenvalue weighted by Crippen LogP contribution is 2.23. The molecule has 0 bridgehead atoms. The molecule has 0 saturated heterocycles. The van der Waals surface area contributed by atoms with Gasteiger partial charge in [-0.25, -0.2) is 0 Å². The molecule has 0 aliphatic carbocycles. The summed E-state index contributed by atoms with van der Waals surface area (Å²) < 4.78 is 0. The summed E-state index contributed by atoms with van der Waals surface area (Å²) in [5, 5.41) is 7.87. The van der Waals surface area contributed by atoms with E-state index in [9.17, 15) is 0 Å². The molecule has 1 heterocycles. The van der Waals surface area contributed by atoms with Gasteiger partial charge in [0.15, 0.2) is 0 Å². The summed E-state index contributed by atoms with van der Waals surface area (Å²) in [5.74, 6) is 0. The van der Waals surface area contributed by atoms with Crippen LogP contribution in [0.25, 0.3) is 0 Å². The number of nitrogens with zero attached hydrogens (tertiary/aromatic N) is 1. The molecule has 2 rings (SSSR count). The van der Waals surface area contributed by atoms with Crippen LogP contribution < -0.4 is 10.2 Å². The lowest BCUT2D eigenvalue weighted by molar-refractivity contribution is 0.673. The van der Waals surface area contributed by atoms with Gasteiger partial charge in [0.25, 0.3) is 0 Å². The molecule has 0 unspecified atom stereocenters. The fraction of sp³-hybridized carbons (Fsp3) is 0.412. The third-order valence-electron chi connectivity index (χ3n) is 3.39. The predicted octanol–water partition coefficient (Wildman–Crippen LogP) is 4.19. The number of hydrogen-bond acceptors (Lipinski definition) is 3. The Morgan fingerprint density at radius 3 is 2.80 bits per heavy atom. The van der Waals surface area contributed by atoms with E-state index in [1.54, 1.807) is 11.3 Å². The van der Waals surface area contributed by atoms with E-state index in [0.29, 0.717) is 0 Å². The lowest BCUT2D eigenvalue weighted by Crippen LogP contribution is -2.21. The Bertz CT molecular complexity index is 520. The van der Waals surface area contributed by atoms with Gasteiger partial charge in [-0.2, -0.15) is 11.3 Å². The van der Waals surface area contributed by atoms with Gasteiger partial charge < -0.3 is 10.2 Å². The van der Waals surface area contributed by atoms with Crippen LogP contribution in [0.15, 0.2) is 35.0 Å². The number of benzene rings is 1. The second kappa shape index (κ2) is 7.46. The van der Waals surface area contributed by atoms with E-state index >= 15 is 0 Å². The summed E-state index contributed by atoms with van der Waals surface area (Å²) in [7, 11) is 2.17. The molecule has 0 aliphatic heterocycles. The van der Waals surface area contributed by atoms with Gasteiger partial charge in [0.1, 0.15) is 0 Å². The first-order valence-corrected chi connectivity index (χ1v) is 8.17. The molecule has 20 heavy (non-hydrogen) atoms. The van der Waals surface area contributed by atoms with Crippen LogP contribution in [0.5, 0.6) is 0 Å². The Labute approximate surface area is 126 Å². The monoisotopic (exact) mass is 288 g/mol. The molecule has 0 saturated carbocycles. The van der Waals surface area contributed by atoms with Crippen LogP contribution in [-0.2, 0) is 13.1 Å². The quantitative estimate of drug-likeness (QED) is 0.768. The number of hydrogen-bond donors (Lipinski definition) is 1. The predicted molar refractivity (Wildman–Crippen MR) is 89.6 cm³/mol.